The maximum atomic E-state index is 12.0. The molecule has 0 aliphatic heterocycles. The van der Waals surface area contributed by atoms with Gasteiger partial charge in [0.15, 0.2) is 6.61 Å². The van der Waals surface area contributed by atoms with E-state index in [4.69, 9.17) is 14.7 Å². The van der Waals surface area contributed by atoms with E-state index in [0.29, 0.717) is 17.1 Å². The van der Waals surface area contributed by atoms with Gasteiger partial charge in [-0.25, -0.2) is 4.79 Å². The van der Waals surface area contributed by atoms with Crippen LogP contribution < -0.4 is 9.47 Å². The molecule has 0 saturated carbocycles. The van der Waals surface area contributed by atoms with Gasteiger partial charge in [0.1, 0.15) is 17.6 Å². The summed E-state index contributed by atoms with van der Waals surface area (Å²) in [5, 5.41) is 10.8. The summed E-state index contributed by atoms with van der Waals surface area (Å²) in [7, 11) is 0. The van der Waals surface area contributed by atoms with Gasteiger partial charge < -0.3 is 9.47 Å². The molecule has 0 radical (unpaired) electrons. The molecule has 0 aromatic heterocycles. The number of carbonyl (C=O) groups excluding carboxylic acids is 1. The van der Waals surface area contributed by atoms with Gasteiger partial charge in [-0.15, -0.1) is 0 Å². The average Bonchev–Trinajstić information content (AvgIpc) is 2.60. The highest BCUT2D eigenvalue weighted by Crippen LogP contribution is 2.25. The highest BCUT2D eigenvalue weighted by Gasteiger charge is 2.10. The molecule has 0 bridgehead atoms. The van der Waals surface area contributed by atoms with Gasteiger partial charge in [0.25, 0.3) is 0 Å². The highest BCUT2D eigenvalue weighted by atomic mass is 16.6. The van der Waals surface area contributed by atoms with Crippen LogP contribution >= 0.6 is 0 Å². The summed E-state index contributed by atoms with van der Waals surface area (Å²) < 4.78 is 10.8. The van der Waals surface area contributed by atoms with Crippen LogP contribution in [-0.2, 0) is 4.79 Å². The summed E-state index contributed by atoms with van der Waals surface area (Å²) in [6, 6.07) is 21.9. The van der Waals surface area contributed by atoms with Crippen molar-refractivity contribution in [2.24, 2.45) is 0 Å². The minimum absolute atomic E-state index is 0.262. The molecule has 3 aromatic carbocycles. The Morgan fingerprint density at radius 2 is 1.61 bits per heavy atom. The van der Waals surface area contributed by atoms with Crippen molar-refractivity contribution >= 4 is 16.7 Å². The number of ether oxygens (including phenoxy) is 2. The molecule has 3 aromatic rings. The van der Waals surface area contributed by atoms with Crippen molar-refractivity contribution in [1.29, 1.82) is 5.26 Å². The molecule has 0 N–H and O–H groups in total. The number of benzene rings is 3. The fourth-order valence-corrected chi connectivity index (χ4v) is 2.26. The van der Waals surface area contributed by atoms with Crippen LogP contribution in [0, 0.1) is 11.3 Å². The van der Waals surface area contributed by atoms with E-state index in [2.05, 4.69) is 0 Å². The van der Waals surface area contributed by atoms with Crippen molar-refractivity contribution in [1.82, 2.24) is 0 Å². The van der Waals surface area contributed by atoms with Gasteiger partial charge in [-0.1, -0.05) is 48.5 Å². The zero-order chi connectivity index (χ0) is 16.1. The topological polar surface area (TPSA) is 59.3 Å². The van der Waals surface area contributed by atoms with Crippen LogP contribution in [-0.4, -0.2) is 12.6 Å². The molecule has 0 fully saturated rings. The molecule has 0 spiro atoms. The van der Waals surface area contributed by atoms with Gasteiger partial charge in [-0.3, -0.25) is 0 Å². The zero-order valence-electron chi connectivity index (χ0n) is 12.2. The lowest BCUT2D eigenvalue weighted by Gasteiger charge is -2.09. The molecule has 112 valence electrons. The molecule has 4 nitrogen and oxygen atoms in total. The summed E-state index contributed by atoms with van der Waals surface area (Å²) >= 11 is 0. The van der Waals surface area contributed by atoms with E-state index in [1.165, 1.54) is 0 Å². The molecule has 0 aliphatic carbocycles. The molecular weight excluding hydrogens is 290 g/mol. The number of hydrogen-bond donors (Lipinski definition) is 0. The molecule has 0 amide bonds. The maximum Gasteiger partial charge on any atom is 0.349 e. The van der Waals surface area contributed by atoms with E-state index in [9.17, 15) is 4.79 Å². The van der Waals surface area contributed by atoms with Crippen molar-refractivity contribution < 1.29 is 14.3 Å². The summed E-state index contributed by atoms with van der Waals surface area (Å²) in [6.45, 7) is -0.262. The first kappa shape index (κ1) is 14.6. The van der Waals surface area contributed by atoms with E-state index in [-0.39, 0.29) is 6.61 Å². The Balaban J connectivity index is 1.71. The maximum absolute atomic E-state index is 12.0. The quantitative estimate of drug-likeness (QED) is 0.545. The lowest BCUT2D eigenvalue weighted by atomic mass is 10.1. The Morgan fingerprint density at radius 3 is 2.48 bits per heavy atom. The van der Waals surface area contributed by atoms with Crippen LogP contribution in [0.5, 0.6) is 11.5 Å². The predicted octanol–water partition coefficient (Wildman–Crippen LogP) is 3.70. The Labute approximate surface area is 133 Å². The smallest absolute Gasteiger partial charge is 0.349 e. The minimum Gasteiger partial charge on any atom is -0.481 e. The van der Waals surface area contributed by atoms with Crippen LogP contribution in [0.4, 0.5) is 0 Å². The van der Waals surface area contributed by atoms with Gasteiger partial charge in [-0.05, 0) is 23.6 Å². The second-order valence-electron chi connectivity index (χ2n) is 4.85. The van der Waals surface area contributed by atoms with Crippen LogP contribution in [0.3, 0.4) is 0 Å². The third-order valence-electron chi connectivity index (χ3n) is 3.33. The van der Waals surface area contributed by atoms with Crippen molar-refractivity contribution in [3.8, 4) is 17.6 Å². The third-order valence-corrected chi connectivity index (χ3v) is 3.33. The molecule has 0 heterocycles. The molecule has 4 heteroatoms. The third kappa shape index (κ3) is 3.30. The van der Waals surface area contributed by atoms with E-state index in [0.717, 1.165) is 10.8 Å². The van der Waals surface area contributed by atoms with E-state index < -0.39 is 5.97 Å². The normalized spacial score (nSPS) is 10.0. The first-order chi connectivity index (χ1) is 11.3. The van der Waals surface area contributed by atoms with Crippen LogP contribution in [0.1, 0.15) is 5.56 Å². The summed E-state index contributed by atoms with van der Waals surface area (Å²) in [5.74, 6) is 0.337. The predicted molar refractivity (Wildman–Crippen MR) is 86.2 cm³/mol. The second-order valence-corrected chi connectivity index (χ2v) is 4.85. The Hall–Kier alpha value is -3.32. The molecular formula is C19H13NO3. The Kier molecular flexibility index (Phi) is 4.21. The van der Waals surface area contributed by atoms with E-state index in [1.54, 1.807) is 30.3 Å². The Morgan fingerprint density at radius 1 is 0.913 bits per heavy atom. The lowest BCUT2D eigenvalue weighted by Crippen LogP contribution is -2.18. The number of carbonyl (C=O) groups is 1. The van der Waals surface area contributed by atoms with Crippen LogP contribution in [0.25, 0.3) is 10.8 Å². The zero-order valence-corrected chi connectivity index (χ0v) is 12.2. The van der Waals surface area contributed by atoms with Gasteiger partial charge in [0.2, 0.25) is 0 Å². The van der Waals surface area contributed by atoms with Crippen molar-refractivity contribution in [3.63, 3.8) is 0 Å². The summed E-state index contributed by atoms with van der Waals surface area (Å²) in [5.41, 5.74) is 0.380. The van der Waals surface area contributed by atoms with Gasteiger partial charge in [0, 0.05) is 5.39 Å². The molecule has 23 heavy (non-hydrogen) atoms. The van der Waals surface area contributed by atoms with Gasteiger partial charge >= 0.3 is 5.97 Å². The second kappa shape index (κ2) is 6.63. The van der Waals surface area contributed by atoms with E-state index >= 15 is 0 Å². The number of fused-ring (bicyclic) bond motifs is 1. The highest BCUT2D eigenvalue weighted by molar-refractivity contribution is 5.90. The van der Waals surface area contributed by atoms with E-state index in [1.807, 2.05) is 42.5 Å². The number of hydrogen-bond acceptors (Lipinski definition) is 4. The molecule has 0 aliphatic rings. The van der Waals surface area contributed by atoms with Crippen LogP contribution in [0.15, 0.2) is 66.7 Å². The lowest BCUT2D eigenvalue weighted by molar-refractivity contribution is -0.136. The molecule has 0 atom stereocenters. The minimum atomic E-state index is -0.519. The Bertz CT molecular complexity index is 891. The number of para-hydroxylation sites is 1. The van der Waals surface area contributed by atoms with Crippen molar-refractivity contribution in [2.45, 2.75) is 0 Å². The van der Waals surface area contributed by atoms with Gasteiger partial charge in [0.05, 0.1) is 5.56 Å². The molecule has 3 rings (SSSR count). The fourth-order valence-electron chi connectivity index (χ4n) is 2.26. The van der Waals surface area contributed by atoms with Crippen molar-refractivity contribution in [2.75, 3.05) is 6.61 Å². The average molecular weight is 303 g/mol. The molecule has 0 unspecified atom stereocenters. The standard InChI is InChI=1S/C19H13NO3/c20-12-15-7-2-4-10-17(15)22-13-19(21)23-18-11-5-8-14-6-1-3-9-16(14)18/h1-11H,13H2. The number of rotatable bonds is 4. The first-order valence-electron chi connectivity index (χ1n) is 7.08. The monoisotopic (exact) mass is 303 g/mol. The SMILES string of the molecule is N#Cc1ccccc1OCC(=O)Oc1cccc2ccccc12. The van der Waals surface area contributed by atoms with Gasteiger partial charge in [-0.2, -0.15) is 5.26 Å². The number of esters is 1. The number of nitrogens with zero attached hydrogens (tertiary/aromatic N) is 1. The first-order valence-corrected chi connectivity index (χ1v) is 7.08. The number of nitriles is 1. The summed E-state index contributed by atoms with van der Waals surface area (Å²) in [4.78, 5) is 12.0. The summed E-state index contributed by atoms with van der Waals surface area (Å²) in [6.07, 6.45) is 0. The fraction of sp³-hybridized carbons (Fsp3) is 0.0526. The van der Waals surface area contributed by atoms with Crippen molar-refractivity contribution in [3.05, 3.63) is 72.3 Å². The molecule has 0 saturated heterocycles. The van der Waals surface area contributed by atoms with Crippen LogP contribution in [0.2, 0.25) is 0 Å². The largest absolute Gasteiger partial charge is 0.481 e.